The molecule has 0 unspecified atom stereocenters. The number of methoxy groups -OCH3 is 1. The molecule has 0 aliphatic carbocycles. The van der Waals surface area contributed by atoms with Gasteiger partial charge in [-0.15, -0.1) is 0 Å². The second-order valence-corrected chi connectivity index (χ2v) is 8.72. The quantitative estimate of drug-likeness (QED) is 0.216. The Hall–Kier alpha value is -4.27. The van der Waals surface area contributed by atoms with Crippen molar-refractivity contribution in [3.63, 3.8) is 0 Å². The zero-order valence-electron chi connectivity index (χ0n) is 20.3. The molecule has 4 rings (SSSR count). The van der Waals surface area contributed by atoms with E-state index < -0.39 is 5.91 Å². The van der Waals surface area contributed by atoms with E-state index in [-0.39, 0.29) is 5.57 Å². The minimum atomic E-state index is -0.520. The van der Waals surface area contributed by atoms with Crippen LogP contribution in [0.2, 0.25) is 5.02 Å². The number of ether oxygens (including phenoxy) is 2. The predicted octanol–water partition coefficient (Wildman–Crippen LogP) is 7.24. The van der Waals surface area contributed by atoms with E-state index in [9.17, 15) is 10.1 Å². The van der Waals surface area contributed by atoms with E-state index in [1.165, 1.54) is 6.08 Å². The van der Waals surface area contributed by atoms with Crippen LogP contribution in [0.15, 0.2) is 78.4 Å². The first kappa shape index (κ1) is 24.8. The van der Waals surface area contributed by atoms with Gasteiger partial charge in [0.25, 0.3) is 5.91 Å². The fourth-order valence-electron chi connectivity index (χ4n) is 3.93. The Morgan fingerprint density at radius 3 is 2.61 bits per heavy atom. The number of rotatable bonds is 7. The molecule has 0 aliphatic rings. The van der Waals surface area contributed by atoms with Crippen molar-refractivity contribution in [1.29, 1.82) is 5.26 Å². The normalized spacial score (nSPS) is 11.1. The second-order valence-electron chi connectivity index (χ2n) is 8.32. The molecule has 4 aromatic rings. The standard InChI is InChI=1S/C30H25ClN2O3/c1-19-11-13-22-7-4-5-8-24(22)25(19)18-36-28-14-12-21(16-29(28)35-3)15-23(17-32)30(34)33-27-10-6-9-26(31)20(27)2/h4-16H,18H2,1-3H3,(H,33,34)/b23-15+. The smallest absolute Gasteiger partial charge is 0.266 e. The third-order valence-electron chi connectivity index (χ3n) is 6.03. The summed E-state index contributed by atoms with van der Waals surface area (Å²) in [5.74, 6) is 0.554. The third kappa shape index (κ3) is 5.35. The number of carbonyl (C=O) groups is 1. The van der Waals surface area contributed by atoms with E-state index in [1.807, 2.05) is 18.2 Å². The van der Waals surface area contributed by atoms with Crippen LogP contribution in [0.5, 0.6) is 11.5 Å². The molecule has 36 heavy (non-hydrogen) atoms. The van der Waals surface area contributed by atoms with Gasteiger partial charge in [-0.05, 0) is 71.7 Å². The van der Waals surface area contributed by atoms with Crippen LogP contribution in [0.25, 0.3) is 16.8 Å². The van der Waals surface area contributed by atoms with Crippen LogP contribution in [-0.2, 0) is 11.4 Å². The molecule has 0 bridgehead atoms. The van der Waals surface area contributed by atoms with Crippen molar-refractivity contribution in [3.8, 4) is 17.6 Å². The van der Waals surface area contributed by atoms with Crippen molar-refractivity contribution < 1.29 is 14.3 Å². The Morgan fingerprint density at radius 2 is 1.83 bits per heavy atom. The summed E-state index contributed by atoms with van der Waals surface area (Å²) in [6.07, 6.45) is 1.51. The maximum atomic E-state index is 12.7. The number of nitriles is 1. The van der Waals surface area contributed by atoms with Crippen LogP contribution in [0.3, 0.4) is 0 Å². The molecule has 4 aromatic carbocycles. The van der Waals surface area contributed by atoms with Crippen LogP contribution in [0.1, 0.15) is 22.3 Å². The number of halogens is 1. The van der Waals surface area contributed by atoms with Crippen LogP contribution in [-0.4, -0.2) is 13.0 Å². The number of hydrogen-bond acceptors (Lipinski definition) is 4. The summed E-state index contributed by atoms with van der Waals surface area (Å²) in [6, 6.07) is 24.9. The van der Waals surface area contributed by atoms with Crippen molar-refractivity contribution in [1.82, 2.24) is 0 Å². The van der Waals surface area contributed by atoms with Gasteiger partial charge in [-0.3, -0.25) is 4.79 Å². The maximum absolute atomic E-state index is 12.7. The molecule has 0 aromatic heterocycles. The largest absolute Gasteiger partial charge is 0.493 e. The first-order chi connectivity index (χ1) is 17.4. The minimum Gasteiger partial charge on any atom is -0.493 e. The van der Waals surface area contributed by atoms with Crippen molar-refractivity contribution in [2.45, 2.75) is 20.5 Å². The van der Waals surface area contributed by atoms with Gasteiger partial charge in [0.15, 0.2) is 11.5 Å². The Kier molecular flexibility index (Phi) is 7.58. The van der Waals surface area contributed by atoms with E-state index in [1.54, 1.807) is 50.4 Å². The molecule has 1 amide bonds. The van der Waals surface area contributed by atoms with Gasteiger partial charge in [-0.25, -0.2) is 0 Å². The summed E-state index contributed by atoms with van der Waals surface area (Å²) in [4.78, 5) is 12.7. The summed E-state index contributed by atoms with van der Waals surface area (Å²) in [7, 11) is 1.55. The Morgan fingerprint density at radius 1 is 1.03 bits per heavy atom. The Labute approximate surface area is 215 Å². The number of hydrogen-bond donors (Lipinski definition) is 1. The lowest BCUT2D eigenvalue weighted by Crippen LogP contribution is -2.14. The molecule has 0 atom stereocenters. The number of anilines is 1. The lowest BCUT2D eigenvalue weighted by Gasteiger charge is -2.14. The highest BCUT2D eigenvalue weighted by Gasteiger charge is 2.14. The maximum Gasteiger partial charge on any atom is 0.266 e. The van der Waals surface area contributed by atoms with Crippen molar-refractivity contribution in [3.05, 3.63) is 106 Å². The third-order valence-corrected chi connectivity index (χ3v) is 6.44. The first-order valence-electron chi connectivity index (χ1n) is 11.4. The van der Waals surface area contributed by atoms with E-state index in [0.29, 0.717) is 34.4 Å². The molecule has 180 valence electrons. The lowest BCUT2D eigenvalue weighted by molar-refractivity contribution is -0.112. The molecule has 1 N–H and O–H groups in total. The highest BCUT2D eigenvalue weighted by molar-refractivity contribution is 6.31. The van der Waals surface area contributed by atoms with Gasteiger partial charge < -0.3 is 14.8 Å². The molecule has 0 fully saturated rings. The lowest BCUT2D eigenvalue weighted by atomic mass is 10.0. The van der Waals surface area contributed by atoms with Gasteiger partial charge in [0, 0.05) is 16.3 Å². The van der Waals surface area contributed by atoms with Gasteiger partial charge in [-0.1, -0.05) is 60.1 Å². The van der Waals surface area contributed by atoms with Gasteiger partial charge >= 0.3 is 0 Å². The number of nitrogens with one attached hydrogen (secondary N) is 1. The molecule has 0 spiro atoms. The molecular formula is C30H25ClN2O3. The minimum absolute atomic E-state index is 0.0449. The topological polar surface area (TPSA) is 71.3 Å². The molecular weight excluding hydrogens is 472 g/mol. The number of nitrogens with zero attached hydrogens (tertiary/aromatic N) is 1. The first-order valence-corrected chi connectivity index (χ1v) is 11.8. The average Bonchev–Trinajstić information content (AvgIpc) is 2.89. The molecule has 0 aliphatic heterocycles. The number of carbonyl (C=O) groups excluding carboxylic acids is 1. The predicted molar refractivity (Wildman–Crippen MR) is 144 cm³/mol. The highest BCUT2D eigenvalue weighted by atomic mass is 35.5. The average molecular weight is 497 g/mol. The summed E-state index contributed by atoms with van der Waals surface area (Å²) in [6.45, 7) is 4.25. The van der Waals surface area contributed by atoms with E-state index in [4.69, 9.17) is 21.1 Å². The molecule has 6 heteroatoms. The Balaban J connectivity index is 1.55. The van der Waals surface area contributed by atoms with Crippen molar-refractivity contribution in [2.24, 2.45) is 0 Å². The van der Waals surface area contributed by atoms with E-state index in [2.05, 4.69) is 36.5 Å². The van der Waals surface area contributed by atoms with Crippen LogP contribution in [0.4, 0.5) is 5.69 Å². The number of aryl methyl sites for hydroxylation is 1. The molecule has 0 heterocycles. The molecule has 5 nitrogen and oxygen atoms in total. The van der Waals surface area contributed by atoms with Crippen molar-refractivity contribution in [2.75, 3.05) is 12.4 Å². The van der Waals surface area contributed by atoms with Crippen LogP contribution < -0.4 is 14.8 Å². The summed E-state index contributed by atoms with van der Waals surface area (Å²) < 4.78 is 11.7. The monoisotopic (exact) mass is 496 g/mol. The van der Waals surface area contributed by atoms with E-state index in [0.717, 1.165) is 27.5 Å². The zero-order valence-corrected chi connectivity index (χ0v) is 21.0. The van der Waals surface area contributed by atoms with Gasteiger partial charge in [0.05, 0.1) is 7.11 Å². The summed E-state index contributed by atoms with van der Waals surface area (Å²) in [5, 5.41) is 15.2. The van der Waals surface area contributed by atoms with Crippen LogP contribution in [0, 0.1) is 25.2 Å². The summed E-state index contributed by atoms with van der Waals surface area (Å²) in [5.41, 5.74) is 4.13. The fourth-order valence-corrected chi connectivity index (χ4v) is 4.10. The SMILES string of the molecule is COc1cc(/C=C(\C#N)C(=O)Nc2cccc(Cl)c2C)ccc1OCc1c(C)ccc2ccccc12. The number of amides is 1. The summed E-state index contributed by atoms with van der Waals surface area (Å²) >= 11 is 6.13. The van der Waals surface area contributed by atoms with Crippen LogP contribution >= 0.6 is 11.6 Å². The number of benzene rings is 4. The number of fused-ring (bicyclic) bond motifs is 1. The van der Waals surface area contributed by atoms with E-state index >= 15 is 0 Å². The van der Waals surface area contributed by atoms with Gasteiger partial charge in [0.2, 0.25) is 0 Å². The zero-order chi connectivity index (χ0) is 25.7. The Bertz CT molecular complexity index is 1520. The highest BCUT2D eigenvalue weighted by Crippen LogP contribution is 2.31. The van der Waals surface area contributed by atoms with Crippen molar-refractivity contribution >= 4 is 40.0 Å². The van der Waals surface area contributed by atoms with Gasteiger partial charge in [0.1, 0.15) is 18.2 Å². The second kappa shape index (κ2) is 11.0. The van der Waals surface area contributed by atoms with Gasteiger partial charge in [-0.2, -0.15) is 5.26 Å². The molecule has 0 radical (unpaired) electrons. The molecule has 0 saturated heterocycles. The fraction of sp³-hybridized carbons (Fsp3) is 0.133. The molecule has 0 saturated carbocycles.